The summed E-state index contributed by atoms with van der Waals surface area (Å²) < 4.78 is 4.88. The van der Waals surface area contributed by atoms with Crippen LogP contribution in [0.15, 0.2) is 29.8 Å². The van der Waals surface area contributed by atoms with Gasteiger partial charge in [-0.05, 0) is 35.6 Å². The Labute approximate surface area is 139 Å². The molecule has 2 aromatic rings. The molecule has 0 fully saturated rings. The molecule has 0 aromatic carbocycles. The topological polar surface area (TPSA) is 80.5 Å². The Kier molecular flexibility index (Phi) is 4.90. The molecule has 6 nitrogen and oxygen atoms in total. The Morgan fingerprint density at radius 2 is 2.39 bits per heavy atom. The quantitative estimate of drug-likeness (QED) is 0.870. The van der Waals surface area contributed by atoms with Gasteiger partial charge in [0.15, 0.2) is 0 Å². The predicted molar refractivity (Wildman–Crippen MR) is 91.8 cm³/mol. The van der Waals surface area contributed by atoms with Crippen LogP contribution in [0.1, 0.15) is 10.4 Å². The third-order valence-electron chi connectivity index (χ3n) is 3.83. The van der Waals surface area contributed by atoms with E-state index in [0.29, 0.717) is 5.69 Å². The number of methoxy groups -OCH3 is 1. The van der Waals surface area contributed by atoms with Crippen molar-refractivity contribution in [1.82, 2.24) is 4.98 Å². The summed E-state index contributed by atoms with van der Waals surface area (Å²) in [5.41, 5.74) is 7.71. The van der Waals surface area contributed by atoms with Gasteiger partial charge in [0, 0.05) is 25.1 Å². The third-order valence-corrected chi connectivity index (χ3v) is 4.85. The number of carbonyl (C=O) groups excluding carboxylic acids is 1. The van der Waals surface area contributed by atoms with Gasteiger partial charge >= 0.3 is 0 Å². The molecular weight excluding hydrogens is 312 g/mol. The van der Waals surface area contributed by atoms with E-state index in [2.05, 4.69) is 26.6 Å². The molecule has 1 unspecified atom stereocenters. The van der Waals surface area contributed by atoms with E-state index in [1.165, 1.54) is 17.6 Å². The number of nitrogens with one attached hydrogen (secondary N) is 1. The van der Waals surface area contributed by atoms with Crippen molar-refractivity contribution in [3.63, 3.8) is 0 Å². The molecule has 1 aliphatic heterocycles. The van der Waals surface area contributed by atoms with Gasteiger partial charge in [-0.2, -0.15) is 0 Å². The number of rotatable bonds is 5. The van der Waals surface area contributed by atoms with Crippen molar-refractivity contribution in [2.24, 2.45) is 5.73 Å². The van der Waals surface area contributed by atoms with Gasteiger partial charge in [0.25, 0.3) is 0 Å². The Balaban J connectivity index is 1.63. The molecule has 0 bridgehead atoms. The van der Waals surface area contributed by atoms with Crippen molar-refractivity contribution in [2.45, 2.75) is 19.0 Å². The van der Waals surface area contributed by atoms with Gasteiger partial charge in [-0.15, -0.1) is 11.3 Å². The summed E-state index contributed by atoms with van der Waals surface area (Å²) in [4.78, 5) is 20.0. The zero-order chi connectivity index (χ0) is 16.2. The smallest absolute Gasteiger partial charge is 0.243 e. The molecule has 7 heteroatoms. The molecule has 122 valence electrons. The fourth-order valence-electron chi connectivity index (χ4n) is 2.58. The average Bonchev–Trinajstić information content (AvgIpc) is 3.03. The lowest BCUT2D eigenvalue weighted by Gasteiger charge is -2.28. The number of pyridine rings is 1. The first-order valence-electron chi connectivity index (χ1n) is 7.49. The molecule has 0 aliphatic carbocycles. The zero-order valence-corrected chi connectivity index (χ0v) is 13.8. The average molecular weight is 332 g/mol. The maximum Gasteiger partial charge on any atom is 0.243 e. The van der Waals surface area contributed by atoms with Gasteiger partial charge in [0.1, 0.15) is 11.9 Å². The normalized spacial score (nSPS) is 15.1. The summed E-state index contributed by atoms with van der Waals surface area (Å²) in [5, 5.41) is 4.89. The van der Waals surface area contributed by atoms with Gasteiger partial charge in [-0.25, -0.2) is 4.98 Å². The predicted octanol–water partition coefficient (Wildman–Crippen LogP) is 1.62. The second-order valence-electron chi connectivity index (χ2n) is 5.50. The first kappa shape index (κ1) is 15.9. The molecule has 0 saturated heterocycles. The van der Waals surface area contributed by atoms with E-state index in [1.54, 1.807) is 6.20 Å². The van der Waals surface area contributed by atoms with Gasteiger partial charge < -0.3 is 20.7 Å². The van der Waals surface area contributed by atoms with E-state index >= 15 is 0 Å². The Morgan fingerprint density at radius 3 is 3.13 bits per heavy atom. The number of nitrogens with zero attached hydrogens (tertiary/aromatic N) is 2. The Morgan fingerprint density at radius 1 is 1.52 bits per heavy atom. The minimum Gasteiger partial charge on any atom is -0.383 e. The van der Waals surface area contributed by atoms with Crippen LogP contribution in [0.4, 0.5) is 11.5 Å². The highest BCUT2D eigenvalue weighted by molar-refractivity contribution is 7.10. The lowest BCUT2D eigenvalue weighted by atomic mass is 10.1. The summed E-state index contributed by atoms with van der Waals surface area (Å²) in [6.45, 7) is 2.04. The van der Waals surface area contributed by atoms with Crippen molar-refractivity contribution in [3.05, 3.63) is 40.2 Å². The zero-order valence-electron chi connectivity index (χ0n) is 13.0. The van der Waals surface area contributed by atoms with Crippen LogP contribution < -0.4 is 16.0 Å². The highest BCUT2D eigenvalue weighted by Gasteiger charge is 2.18. The summed E-state index contributed by atoms with van der Waals surface area (Å²) in [5.74, 6) is 0.642. The van der Waals surface area contributed by atoms with E-state index in [-0.39, 0.29) is 12.5 Å². The standard InChI is InChI=1S/C16H20N4O2S/c1-22-10-13(17)16(21)19-12-2-3-15(18-8-12)20-6-4-14-11(9-20)5-7-23-14/h2-3,5,7-8,13H,4,6,9-10,17H2,1H3,(H,19,21). The van der Waals surface area contributed by atoms with E-state index in [0.717, 1.165) is 25.3 Å². The maximum absolute atomic E-state index is 11.8. The van der Waals surface area contributed by atoms with Crippen LogP contribution >= 0.6 is 11.3 Å². The fraction of sp³-hybridized carbons (Fsp3) is 0.375. The molecule has 23 heavy (non-hydrogen) atoms. The number of nitrogens with two attached hydrogens (primary N) is 1. The van der Waals surface area contributed by atoms with E-state index < -0.39 is 6.04 Å². The largest absolute Gasteiger partial charge is 0.383 e. The third kappa shape index (κ3) is 3.69. The number of carbonyl (C=O) groups is 1. The van der Waals surface area contributed by atoms with Crippen molar-refractivity contribution in [3.8, 4) is 0 Å². The van der Waals surface area contributed by atoms with Crippen molar-refractivity contribution < 1.29 is 9.53 Å². The van der Waals surface area contributed by atoms with Crippen molar-refractivity contribution in [1.29, 1.82) is 0 Å². The second kappa shape index (κ2) is 7.08. The maximum atomic E-state index is 11.8. The van der Waals surface area contributed by atoms with E-state index in [1.807, 2.05) is 23.5 Å². The second-order valence-corrected chi connectivity index (χ2v) is 6.50. The monoisotopic (exact) mass is 332 g/mol. The van der Waals surface area contributed by atoms with Crippen LogP contribution in [0.3, 0.4) is 0 Å². The summed E-state index contributed by atoms with van der Waals surface area (Å²) in [7, 11) is 1.51. The number of thiophene rings is 1. The molecule has 0 radical (unpaired) electrons. The highest BCUT2D eigenvalue weighted by Crippen LogP contribution is 2.27. The molecule has 1 aliphatic rings. The number of amides is 1. The number of aromatic nitrogens is 1. The number of anilines is 2. The van der Waals surface area contributed by atoms with Crippen LogP contribution in [0, 0.1) is 0 Å². The molecule has 2 aromatic heterocycles. The van der Waals surface area contributed by atoms with Gasteiger partial charge in [-0.3, -0.25) is 4.79 Å². The minimum atomic E-state index is -0.682. The highest BCUT2D eigenvalue weighted by atomic mass is 32.1. The number of ether oxygens (including phenoxy) is 1. The molecule has 0 saturated carbocycles. The van der Waals surface area contributed by atoms with Crippen LogP contribution in [0.5, 0.6) is 0 Å². The van der Waals surface area contributed by atoms with Gasteiger partial charge in [0.05, 0.1) is 18.5 Å². The molecule has 1 amide bonds. The van der Waals surface area contributed by atoms with E-state index in [4.69, 9.17) is 10.5 Å². The van der Waals surface area contributed by atoms with Crippen LogP contribution in [-0.2, 0) is 22.5 Å². The lowest BCUT2D eigenvalue weighted by Crippen LogP contribution is -2.39. The van der Waals surface area contributed by atoms with Crippen molar-refractivity contribution in [2.75, 3.05) is 30.5 Å². The molecule has 1 atom stereocenters. The van der Waals surface area contributed by atoms with Crippen molar-refractivity contribution >= 4 is 28.7 Å². The van der Waals surface area contributed by atoms with Gasteiger partial charge in [0.2, 0.25) is 5.91 Å². The SMILES string of the molecule is COCC(N)C(=O)Nc1ccc(N2CCc3sccc3C2)nc1. The van der Waals surface area contributed by atoms with Crippen LogP contribution in [0.2, 0.25) is 0 Å². The first-order valence-corrected chi connectivity index (χ1v) is 8.37. The Bertz CT molecular complexity index is 671. The van der Waals surface area contributed by atoms with E-state index in [9.17, 15) is 4.79 Å². The summed E-state index contributed by atoms with van der Waals surface area (Å²) >= 11 is 1.82. The minimum absolute atomic E-state index is 0.189. The fourth-order valence-corrected chi connectivity index (χ4v) is 3.47. The first-order chi connectivity index (χ1) is 11.2. The number of fused-ring (bicyclic) bond motifs is 1. The summed E-state index contributed by atoms with van der Waals surface area (Å²) in [6, 6.07) is 5.27. The van der Waals surface area contributed by atoms with Gasteiger partial charge in [-0.1, -0.05) is 0 Å². The molecule has 3 N–H and O–H groups in total. The lowest BCUT2D eigenvalue weighted by molar-refractivity contribution is -0.118. The molecule has 3 heterocycles. The molecule has 3 rings (SSSR count). The molecule has 0 spiro atoms. The molecular formula is C16H20N4O2S. The van der Waals surface area contributed by atoms with Crippen LogP contribution in [-0.4, -0.2) is 37.2 Å². The summed E-state index contributed by atoms with van der Waals surface area (Å²) in [6.07, 6.45) is 2.72. The number of hydrogen-bond acceptors (Lipinski definition) is 6. The van der Waals surface area contributed by atoms with Crippen LogP contribution in [0.25, 0.3) is 0 Å². The number of hydrogen-bond donors (Lipinski definition) is 2. The Hall–Kier alpha value is -1.96.